The Bertz CT molecular complexity index is 546. The van der Waals surface area contributed by atoms with Gasteiger partial charge in [-0.25, -0.2) is 8.42 Å². The molecule has 0 bridgehead atoms. The van der Waals surface area contributed by atoms with Crippen LogP contribution in [0.25, 0.3) is 0 Å². The maximum Gasteiger partial charge on any atom is 0.243 e. The highest BCUT2D eigenvalue weighted by molar-refractivity contribution is 7.89. The van der Waals surface area contributed by atoms with E-state index in [2.05, 4.69) is 13.8 Å². The van der Waals surface area contributed by atoms with Crippen LogP contribution in [0, 0.1) is 12.3 Å². The van der Waals surface area contributed by atoms with Crippen molar-refractivity contribution in [2.45, 2.75) is 51.5 Å². The summed E-state index contributed by atoms with van der Waals surface area (Å²) in [6, 6.07) is 7.20. The minimum Gasteiger partial charge on any atom is -0.207 e. The molecule has 4 heteroatoms. The Morgan fingerprint density at radius 3 is 2.37 bits per heavy atom. The fourth-order valence-electron chi connectivity index (χ4n) is 2.57. The topological polar surface area (TPSA) is 37.4 Å². The molecule has 1 fully saturated rings. The average Bonchev–Trinajstić information content (AvgIpc) is 2.33. The van der Waals surface area contributed by atoms with Crippen LogP contribution in [0.5, 0.6) is 0 Å². The zero-order valence-electron chi connectivity index (χ0n) is 12.2. The summed E-state index contributed by atoms with van der Waals surface area (Å²) in [5.74, 6) is 0. The Labute approximate surface area is 116 Å². The van der Waals surface area contributed by atoms with Crippen molar-refractivity contribution in [3.63, 3.8) is 0 Å². The van der Waals surface area contributed by atoms with E-state index in [0.29, 0.717) is 11.4 Å². The van der Waals surface area contributed by atoms with E-state index >= 15 is 0 Å². The number of rotatable bonds is 2. The van der Waals surface area contributed by atoms with E-state index in [9.17, 15) is 8.42 Å². The van der Waals surface area contributed by atoms with E-state index < -0.39 is 10.0 Å². The first-order chi connectivity index (χ1) is 8.72. The number of nitrogens with zero attached hydrogens (tertiary/aromatic N) is 1. The van der Waals surface area contributed by atoms with Crippen LogP contribution in [0.15, 0.2) is 29.2 Å². The van der Waals surface area contributed by atoms with Gasteiger partial charge in [-0.15, -0.1) is 0 Å². The molecule has 0 radical (unpaired) electrons. The lowest BCUT2D eigenvalue weighted by atomic mass is 9.83. The number of sulfonamides is 1. The fourth-order valence-corrected chi connectivity index (χ4v) is 4.42. The summed E-state index contributed by atoms with van der Waals surface area (Å²) in [4.78, 5) is 0.405. The van der Waals surface area contributed by atoms with Crippen LogP contribution in [0.3, 0.4) is 0 Å². The maximum atomic E-state index is 12.7. The number of aryl methyl sites for hydroxylation is 1. The zero-order chi connectivity index (χ0) is 14.3. The molecule has 1 aromatic rings. The van der Waals surface area contributed by atoms with E-state index in [4.69, 9.17) is 0 Å². The van der Waals surface area contributed by atoms with Gasteiger partial charge in [0.15, 0.2) is 0 Å². The van der Waals surface area contributed by atoms with Crippen molar-refractivity contribution < 1.29 is 8.42 Å². The predicted octanol–water partition coefficient (Wildman–Crippen LogP) is 3.19. The van der Waals surface area contributed by atoms with Crippen molar-refractivity contribution in [3.05, 3.63) is 29.8 Å². The van der Waals surface area contributed by atoms with E-state index in [0.717, 1.165) is 18.4 Å². The zero-order valence-corrected chi connectivity index (χ0v) is 13.0. The van der Waals surface area contributed by atoms with Crippen LogP contribution < -0.4 is 0 Å². The molecule has 1 aromatic carbocycles. The van der Waals surface area contributed by atoms with Gasteiger partial charge in [-0.1, -0.05) is 31.5 Å². The Balaban J connectivity index is 2.35. The third kappa shape index (κ3) is 3.00. The van der Waals surface area contributed by atoms with Crippen LogP contribution in [-0.2, 0) is 10.0 Å². The van der Waals surface area contributed by atoms with E-state index in [-0.39, 0.29) is 11.5 Å². The minimum absolute atomic E-state index is 0.0598. The second-order valence-electron chi connectivity index (χ2n) is 6.42. The Morgan fingerprint density at radius 2 is 1.79 bits per heavy atom. The van der Waals surface area contributed by atoms with E-state index in [1.807, 2.05) is 26.0 Å². The lowest BCUT2D eigenvalue weighted by molar-refractivity contribution is 0.143. The van der Waals surface area contributed by atoms with Gasteiger partial charge in [0.25, 0.3) is 0 Å². The number of piperidine rings is 1. The van der Waals surface area contributed by atoms with Crippen LogP contribution in [0.4, 0.5) is 0 Å². The molecule has 19 heavy (non-hydrogen) atoms. The highest BCUT2D eigenvalue weighted by Crippen LogP contribution is 2.35. The smallest absolute Gasteiger partial charge is 0.207 e. The summed E-state index contributed by atoms with van der Waals surface area (Å²) in [7, 11) is -3.37. The van der Waals surface area contributed by atoms with Crippen molar-refractivity contribution in [2.75, 3.05) is 6.54 Å². The normalized spacial score (nSPS) is 24.3. The number of hydrogen-bond donors (Lipinski definition) is 0. The predicted molar refractivity (Wildman–Crippen MR) is 77.5 cm³/mol. The van der Waals surface area contributed by atoms with Gasteiger partial charge in [0.2, 0.25) is 10.0 Å². The van der Waals surface area contributed by atoms with Gasteiger partial charge in [0.05, 0.1) is 4.90 Å². The lowest BCUT2D eigenvalue weighted by Gasteiger charge is -2.41. The van der Waals surface area contributed by atoms with Crippen LogP contribution in [0.1, 0.15) is 39.2 Å². The second kappa shape index (κ2) is 4.91. The van der Waals surface area contributed by atoms with Crippen LogP contribution >= 0.6 is 0 Å². The van der Waals surface area contributed by atoms with Gasteiger partial charge in [-0.2, -0.15) is 4.31 Å². The van der Waals surface area contributed by atoms with Gasteiger partial charge in [0, 0.05) is 12.6 Å². The molecule has 1 aliphatic rings. The maximum absolute atomic E-state index is 12.7. The first kappa shape index (κ1) is 14.5. The van der Waals surface area contributed by atoms with Crippen LogP contribution in [-0.4, -0.2) is 25.3 Å². The standard InChI is InChI=1S/C15H23NO2S/c1-12-5-7-14(8-6-12)19(17,18)16-11-15(3,4)10-9-13(16)2/h5-8,13H,9-11H2,1-4H3. The number of hydrogen-bond acceptors (Lipinski definition) is 2. The molecule has 106 valence electrons. The van der Waals surface area contributed by atoms with Crippen molar-refractivity contribution >= 4 is 10.0 Å². The highest BCUT2D eigenvalue weighted by Gasteiger charge is 2.38. The molecule has 1 aliphatic heterocycles. The molecule has 0 aliphatic carbocycles. The Morgan fingerprint density at radius 1 is 1.21 bits per heavy atom. The van der Waals surface area contributed by atoms with E-state index in [1.54, 1.807) is 16.4 Å². The number of benzene rings is 1. The molecule has 3 nitrogen and oxygen atoms in total. The first-order valence-electron chi connectivity index (χ1n) is 6.81. The molecular formula is C15H23NO2S. The van der Waals surface area contributed by atoms with Crippen molar-refractivity contribution in [2.24, 2.45) is 5.41 Å². The van der Waals surface area contributed by atoms with Gasteiger partial charge in [-0.3, -0.25) is 0 Å². The summed E-state index contributed by atoms with van der Waals surface area (Å²) in [6.45, 7) is 8.83. The summed E-state index contributed by atoms with van der Waals surface area (Å²) in [6.07, 6.45) is 2.01. The van der Waals surface area contributed by atoms with Gasteiger partial charge < -0.3 is 0 Å². The van der Waals surface area contributed by atoms with E-state index in [1.165, 1.54) is 0 Å². The first-order valence-corrected chi connectivity index (χ1v) is 8.25. The minimum atomic E-state index is -3.37. The molecule has 0 saturated carbocycles. The molecule has 1 saturated heterocycles. The van der Waals surface area contributed by atoms with Gasteiger partial charge >= 0.3 is 0 Å². The second-order valence-corrected chi connectivity index (χ2v) is 8.31. The van der Waals surface area contributed by atoms with Gasteiger partial charge in [-0.05, 0) is 44.2 Å². The summed E-state index contributed by atoms with van der Waals surface area (Å²) >= 11 is 0. The largest absolute Gasteiger partial charge is 0.243 e. The highest BCUT2D eigenvalue weighted by atomic mass is 32.2. The molecule has 0 spiro atoms. The molecular weight excluding hydrogens is 258 g/mol. The third-order valence-electron chi connectivity index (χ3n) is 3.94. The van der Waals surface area contributed by atoms with Crippen molar-refractivity contribution in [1.82, 2.24) is 4.31 Å². The SMILES string of the molecule is Cc1ccc(S(=O)(=O)N2CC(C)(C)CCC2C)cc1. The summed E-state index contributed by atoms with van der Waals surface area (Å²) in [5, 5.41) is 0. The Kier molecular flexibility index (Phi) is 3.76. The molecule has 2 rings (SSSR count). The lowest BCUT2D eigenvalue weighted by Crippen LogP contribution is -2.48. The third-order valence-corrected chi connectivity index (χ3v) is 5.92. The molecule has 0 aromatic heterocycles. The fraction of sp³-hybridized carbons (Fsp3) is 0.600. The quantitative estimate of drug-likeness (QED) is 0.835. The summed E-state index contributed by atoms with van der Waals surface area (Å²) < 4.78 is 27.1. The van der Waals surface area contributed by atoms with Gasteiger partial charge in [0.1, 0.15) is 0 Å². The molecule has 1 heterocycles. The summed E-state index contributed by atoms with van der Waals surface area (Å²) in [5.41, 5.74) is 1.13. The monoisotopic (exact) mass is 281 g/mol. The molecule has 1 atom stereocenters. The Hall–Kier alpha value is -0.870. The molecule has 0 amide bonds. The van der Waals surface area contributed by atoms with Crippen molar-refractivity contribution in [3.8, 4) is 0 Å². The molecule has 0 N–H and O–H groups in total. The van der Waals surface area contributed by atoms with Crippen LogP contribution in [0.2, 0.25) is 0 Å². The average molecular weight is 281 g/mol. The van der Waals surface area contributed by atoms with Crippen molar-refractivity contribution in [1.29, 1.82) is 0 Å². The molecule has 1 unspecified atom stereocenters.